The van der Waals surface area contributed by atoms with Gasteiger partial charge in [-0.2, -0.15) is 0 Å². The van der Waals surface area contributed by atoms with Crippen molar-refractivity contribution in [3.8, 4) is 0 Å². The number of carbonyl (C=O) groups is 2. The van der Waals surface area contributed by atoms with Crippen molar-refractivity contribution in [2.24, 2.45) is 0 Å². The van der Waals surface area contributed by atoms with Crippen molar-refractivity contribution in [1.29, 1.82) is 0 Å². The van der Waals surface area contributed by atoms with Crippen LogP contribution in [0.25, 0.3) is 10.9 Å². The SMILES string of the molecule is CC(C)(C)OC(=O)NC1c2cccnc2C(OC(=O)N2CCCC(c3cc4ccccc4[nH]c3=O)CC2)CCC1c1cccc(F)c1F. The van der Waals surface area contributed by atoms with E-state index in [9.17, 15) is 18.8 Å². The summed E-state index contributed by atoms with van der Waals surface area (Å²) in [6, 6.07) is 16.2. The molecular formula is C37H40F2N4O5. The summed E-state index contributed by atoms with van der Waals surface area (Å²) in [7, 11) is 0. The van der Waals surface area contributed by atoms with Gasteiger partial charge in [-0.1, -0.05) is 36.4 Å². The zero-order valence-electron chi connectivity index (χ0n) is 27.3. The molecule has 1 aliphatic heterocycles. The first-order valence-corrected chi connectivity index (χ1v) is 16.4. The van der Waals surface area contributed by atoms with Crippen LogP contribution in [0.15, 0.2) is 71.7 Å². The number of alkyl carbamates (subject to hydrolysis) is 1. The van der Waals surface area contributed by atoms with Gasteiger partial charge in [-0.3, -0.25) is 9.78 Å². The van der Waals surface area contributed by atoms with Crippen molar-refractivity contribution >= 4 is 23.1 Å². The molecule has 2 aliphatic rings. The second kappa shape index (κ2) is 13.7. The van der Waals surface area contributed by atoms with Gasteiger partial charge in [-0.05, 0) is 94.0 Å². The lowest BCUT2D eigenvalue weighted by Crippen LogP contribution is -2.37. The standard InChI is InChI=1S/C37H40F2N4O5/c1-37(2,3)48-35(45)42-32-25(24-11-6-13-28(38)31(24)39)15-16-30(33-26(32)12-7-18-40-33)47-36(46)43-19-8-10-22(17-20-43)27-21-23-9-4-5-14-29(23)41-34(27)44/h4-7,9,11-14,18,21-22,25,30,32H,8,10,15-17,19-20H2,1-3H3,(H,41,44)(H,42,45). The molecule has 4 unspecified atom stereocenters. The topological polar surface area (TPSA) is 114 Å². The molecule has 2 N–H and O–H groups in total. The minimum Gasteiger partial charge on any atom is -0.444 e. The van der Waals surface area contributed by atoms with E-state index in [1.807, 2.05) is 30.3 Å². The summed E-state index contributed by atoms with van der Waals surface area (Å²) in [4.78, 5) is 48.9. The van der Waals surface area contributed by atoms with E-state index in [1.54, 1.807) is 44.0 Å². The van der Waals surface area contributed by atoms with Gasteiger partial charge >= 0.3 is 12.2 Å². The highest BCUT2D eigenvalue weighted by Crippen LogP contribution is 2.45. The van der Waals surface area contributed by atoms with E-state index in [0.717, 1.165) is 23.4 Å². The number of aromatic nitrogens is 2. The Bertz CT molecular complexity index is 1870. The number of para-hydroxylation sites is 1. The van der Waals surface area contributed by atoms with Crippen LogP contribution in [0.1, 0.15) is 99.2 Å². The first-order valence-electron chi connectivity index (χ1n) is 16.4. The number of nitrogens with zero attached hydrogens (tertiary/aromatic N) is 2. The molecule has 4 aromatic rings. The summed E-state index contributed by atoms with van der Waals surface area (Å²) in [5.74, 6) is -2.71. The molecule has 6 rings (SSSR count). The zero-order valence-corrected chi connectivity index (χ0v) is 27.3. The van der Waals surface area contributed by atoms with Crippen LogP contribution in [0.5, 0.6) is 0 Å². The Morgan fingerprint density at radius 2 is 1.73 bits per heavy atom. The number of hydrogen-bond acceptors (Lipinski definition) is 6. The smallest absolute Gasteiger partial charge is 0.410 e. The van der Waals surface area contributed by atoms with E-state index in [0.29, 0.717) is 42.8 Å². The van der Waals surface area contributed by atoms with Crippen molar-refractivity contribution in [2.45, 2.75) is 82.5 Å². The molecule has 1 aliphatic carbocycles. The van der Waals surface area contributed by atoms with Gasteiger partial charge in [0.25, 0.3) is 5.56 Å². The predicted molar refractivity (Wildman–Crippen MR) is 177 cm³/mol. The number of nitrogens with one attached hydrogen (secondary N) is 2. The summed E-state index contributed by atoms with van der Waals surface area (Å²) in [6.07, 6.45) is 2.07. The number of benzene rings is 2. The average molecular weight is 659 g/mol. The number of aromatic amines is 1. The number of fused-ring (bicyclic) bond motifs is 2. The number of ether oxygens (including phenoxy) is 2. The fraction of sp³-hybridized carbons (Fsp3) is 0.405. The first-order chi connectivity index (χ1) is 23.0. The first kappa shape index (κ1) is 33.1. The third kappa shape index (κ3) is 7.19. The second-order valence-corrected chi connectivity index (χ2v) is 13.6. The highest BCUT2D eigenvalue weighted by Gasteiger charge is 2.39. The molecular weight excluding hydrogens is 618 g/mol. The number of amides is 2. The molecule has 0 bridgehead atoms. The molecule has 2 aromatic carbocycles. The maximum absolute atomic E-state index is 15.3. The van der Waals surface area contributed by atoms with Crippen LogP contribution >= 0.6 is 0 Å². The number of rotatable bonds is 4. The third-order valence-corrected chi connectivity index (χ3v) is 9.16. The minimum absolute atomic E-state index is 0.0157. The molecule has 0 saturated carbocycles. The third-order valence-electron chi connectivity index (χ3n) is 9.16. The Balaban J connectivity index is 1.24. The van der Waals surface area contributed by atoms with Crippen LogP contribution in [0.2, 0.25) is 0 Å². The van der Waals surface area contributed by atoms with Crippen LogP contribution < -0.4 is 10.9 Å². The number of pyridine rings is 2. The predicted octanol–water partition coefficient (Wildman–Crippen LogP) is 7.79. The van der Waals surface area contributed by atoms with Crippen molar-refractivity contribution in [3.63, 3.8) is 0 Å². The summed E-state index contributed by atoms with van der Waals surface area (Å²) in [5, 5.41) is 3.84. The molecule has 9 nitrogen and oxygen atoms in total. The quantitative estimate of drug-likeness (QED) is 0.217. The highest BCUT2D eigenvalue weighted by atomic mass is 19.2. The van der Waals surface area contributed by atoms with E-state index in [-0.39, 0.29) is 29.9 Å². The minimum atomic E-state index is -0.997. The van der Waals surface area contributed by atoms with Gasteiger partial charge in [0.15, 0.2) is 11.6 Å². The number of halogens is 2. The molecule has 4 atom stereocenters. The molecule has 2 aromatic heterocycles. The van der Waals surface area contributed by atoms with E-state index in [4.69, 9.17) is 9.47 Å². The molecule has 11 heteroatoms. The number of likely N-dealkylation sites (tertiary alicyclic amines) is 1. The average Bonchev–Trinajstić information content (AvgIpc) is 3.38. The van der Waals surface area contributed by atoms with Crippen molar-refractivity contribution in [2.75, 3.05) is 13.1 Å². The van der Waals surface area contributed by atoms with E-state index >= 15 is 4.39 Å². The maximum atomic E-state index is 15.3. The second-order valence-electron chi connectivity index (χ2n) is 13.6. The van der Waals surface area contributed by atoms with Gasteiger partial charge in [-0.15, -0.1) is 0 Å². The largest absolute Gasteiger partial charge is 0.444 e. The van der Waals surface area contributed by atoms with Crippen LogP contribution in [-0.4, -0.2) is 45.7 Å². The van der Waals surface area contributed by atoms with Crippen molar-refractivity contribution < 1.29 is 27.8 Å². The maximum Gasteiger partial charge on any atom is 0.410 e. The normalized spacial score (nSPS) is 21.5. The molecule has 1 fully saturated rings. The lowest BCUT2D eigenvalue weighted by Gasteiger charge is -2.29. The number of carbonyl (C=O) groups excluding carboxylic acids is 2. The summed E-state index contributed by atoms with van der Waals surface area (Å²) in [5.41, 5.74) is 1.64. The lowest BCUT2D eigenvalue weighted by atomic mass is 9.85. The molecule has 48 heavy (non-hydrogen) atoms. The van der Waals surface area contributed by atoms with Crippen molar-refractivity contribution in [3.05, 3.63) is 111 Å². The zero-order chi connectivity index (χ0) is 34.0. The highest BCUT2D eigenvalue weighted by molar-refractivity contribution is 5.78. The lowest BCUT2D eigenvalue weighted by molar-refractivity contribution is 0.0494. The Labute approximate surface area is 277 Å². The van der Waals surface area contributed by atoms with Crippen LogP contribution in [0, 0.1) is 11.6 Å². The van der Waals surface area contributed by atoms with E-state index in [1.165, 1.54) is 12.1 Å². The fourth-order valence-electron chi connectivity index (χ4n) is 6.94. The molecule has 2 amide bonds. The number of H-pyrrole nitrogens is 1. The van der Waals surface area contributed by atoms with Crippen LogP contribution in [0.3, 0.4) is 0 Å². The molecule has 0 radical (unpaired) electrons. The fourth-order valence-corrected chi connectivity index (χ4v) is 6.94. The Kier molecular flexibility index (Phi) is 9.48. The van der Waals surface area contributed by atoms with E-state index in [2.05, 4.69) is 15.3 Å². The van der Waals surface area contributed by atoms with Crippen LogP contribution in [-0.2, 0) is 9.47 Å². The monoisotopic (exact) mass is 658 g/mol. The van der Waals surface area contributed by atoms with Crippen LogP contribution in [0.4, 0.5) is 18.4 Å². The van der Waals surface area contributed by atoms with Gasteiger partial charge < -0.3 is 24.7 Å². The summed E-state index contributed by atoms with van der Waals surface area (Å²) >= 11 is 0. The number of hydrogen-bond donors (Lipinski definition) is 2. The van der Waals surface area contributed by atoms with Gasteiger partial charge in [0, 0.05) is 41.8 Å². The van der Waals surface area contributed by atoms with Crippen molar-refractivity contribution in [1.82, 2.24) is 20.2 Å². The molecule has 0 spiro atoms. The molecule has 3 heterocycles. The summed E-state index contributed by atoms with van der Waals surface area (Å²) < 4.78 is 41.4. The summed E-state index contributed by atoms with van der Waals surface area (Å²) in [6.45, 7) is 6.07. The van der Waals surface area contributed by atoms with E-state index < -0.39 is 47.5 Å². The Morgan fingerprint density at radius 3 is 2.54 bits per heavy atom. The Hall–Kier alpha value is -4.80. The van der Waals surface area contributed by atoms with Gasteiger partial charge in [-0.25, -0.2) is 18.4 Å². The molecule has 1 saturated heterocycles. The Morgan fingerprint density at radius 1 is 0.938 bits per heavy atom. The van der Waals surface area contributed by atoms with Gasteiger partial charge in [0.2, 0.25) is 0 Å². The van der Waals surface area contributed by atoms with Gasteiger partial charge in [0.1, 0.15) is 11.7 Å². The van der Waals surface area contributed by atoms with Gasteiger partial charge in [0.05, 0.1) is 11.7 Å². The molecule has 252 valence electrons.